The number of hydrogen-bond acceptors (Lipinski definition) is 6. The van der Waals surface area contributed by atoms with Crippen molar-refractivity contribution in [1.82, 2.24) is 10.2 Å². The van der Waals surface area contributed by atoms with Gasteiger partial charge in [0.2, 0.25) is 5.91 Å². The van der Waals surface area contributed by atoms with Gasteiger partial charge in [-0.3, -0.25) is 19.3 Å². The summed E-state index contributed by atoms with van der Waals surface area (Å²) in [5, 5.41) is 3.17. The number of benzene rings is 3. The van der Waals surface area contributed by atoms with E-state index < -0.39 is 11.8 Å². The number of amides is 3. The van der Waals surface area contributed by atoms with E-state index >= 15 is 0 Å². The first-order valence-corrected chi connectivity index (χ1v) is 14.8. The van der Waals surface area contributed by atoms with E-state index in [-0.39, 0.29) is 28.4 Å². The zero-order chi connectivity index (χ0) is 31.5. The molecule has 3 aromatic rings. The van der Waals surface area contributed by atoms with Crippen LogP contribution in [0.2, 0.25) is 0 Å². The van der Waals surface area contributed by atoms with E-state index in [0.29, 0.717) is 22.8 Å². The number of para-hydroxylation sites is 1. The molecule has 9 heteroatoms. The summed E-state index contributed by atoms with van der Waals surface area (Å²) < 4.78 is 10.9. The maximum absolute atomic E-state index is 13.9. The van der Waals surface area contributed by atoms with Gasteiger partial charge >= 0.3 is 0 Å². The van der Waals surface area contributed by atoms with E-state index in [1.54, 1.807) is 49.4 Å². The number of carbonyl (C=O) groups excluding carboxylic acids is 3. The molecule has 3 amide bonds. The molecule has 8 nitrogen and oxygen atoms in total. The minimum atomic E-state index is -0.728. The SMILES string of the molecule is C=C/C=C\C(=C/C)N1C(=O)/C(=C/c2cccc(OC)c2OC)C(=O)N=C1SCC(=O)NC(c1ccccc1)c1ccccc1. The molecule has 44 heavy (non-hydrogen) atoms. The van der Waals surface area contributed by atoms with Gasteiger partial charge in [-0.1, -0.05) is 109 Å². The van der Waals surface area contributed by atoms with Crippen LogP contribution in [-0.4, -0.2) is 47.8 Å². The highest BCUT2D eigenvalue weighted by Crippen LogP contribution is 2.34. The molecule has 0 saturated carbocycles. The average Bonchev–Trinajstić information content (AvgIpc) is 3.06. The lowest BCUT2D eigenvalue weighted by Crippen LogP contribution is -2.42. The normalized spacial score (nSPS) is 14.6. The zero-order valence-corrected chi connectivity index (χ0v) is 25.5. The Kier molecular flexibility index (Phi) is 11.1. The van der Waals surface area contributed by atoms with Crippen molar-refractivity contribution in [2.45, 2.75) is 13.0 Å². The van der Waals surface area contributed by atoms with Crippen LogP contribution in [0.25, 0.3) is 6.08 Å². The molecular weight excluding hydrogens is 574 g/mol. The standard InChI is InChI=1S/C35H33N3O5S/c1-5-7-20-27(6-2)38-34(41)28(22-26-19-14-21-29(42-3)32(26)43-4)33(40)37-35(38)44-23-30(39)36-31(24-15-10-8-11-16-24)25-17-12-9-13-18-25/h5-22,31H,1,23H2,2-4H3,(H,36,39)/b20-7-,27-6+,28-22+. The van der Waals surface area contributed by atoms with Crippen LogP contribution in [0, 0.1) is 0 Å². The zero-order valence-electron chi connectivity index (χ0n) is 24.7. The number of aliphatic imine (C=N–C) groups is 1. The fraction of sp³-hybridized carbons (Fsp3) is 0.143. The second-order valence-electron chi connectivity index (χ2n) is 9.40. The Balaban J connectivity index is 1.65. The number of hydrogen-bond donors (Lipinski definition) is 1. The second-order valence-corrected chi connectivity index (χ2v) is 10.3. The van der Waals surface area contributed by atoms with Crippen molar-refractivity contribution in [1.29, 1.82) is 0 Å². The third kappa shape index (κ3) is 7.43. The van der Waals surface area contributed by atoms with E-state index in [1.165, 1.54) is 25.2 Å². The van der Waals surface area contributed by atoms with E-state index in [0.717, 1.165) is 22.9 Å². The Hall–Kier alpha value is -5.15. The predicted octanol–water partition coefficient (Wildman–Crippen LogP) is 6.10. The van der Waals surface area contributed by atoms with Crippen molar-refractivity contribution in [2.24, 2.45) is 4.99 Å². The summed E-state index contributed by atoms with van der Waals surface area (Å²) in [5.74, 6) is -0.870. The van der Waals surface area contributed by atoms with Crippen molar-refractivity contribution in [3.05, 3.63) is 138 Å². The van der Waals surface area contributed by atoms with Crippen LogP contribution in [0.3, 0.4) is 0 Å². The Morgan fingerprint density at radius 1 is 0.977 bits per heavy atom. The van der Waals surface area contributed by atoms with Gasteiger partial charge in [0, 0.05) is 11.3 Å². The number of carbonyl (C=O) groups is 3. The van der Waals surface area contributed by atoms with Crippen molar-refractivity contribution >= 4 is 40.7 Å². The van der Waals surface area contributed by atoms with E-state index in [1.807, 2.05) is 60.7 Å². The highest BCUT2D eigenvalue weighted by Gasteiger charge is 2.35. The first kappa shape index (κ1) is 31.8. The molecule has 1 heterocycles. The third-order valence-electron chi connectivity index (χ3n) is 6.65. The first-order valence-electron chi connectivity index (χ1n) is 13.8. The minimum Gasteiger partial charge on any atom is -0.493 e. The number of nitrogens with zero attached hydrogens (tertiary/aromatic N) is 2. The fourth-order valence-electron chi connectivity index (χ4n) is 4.57. The van der Waals surface area contributed by atoms with E-state index in [9.17, 15) is 14.4 Å². The molecule has 224 valence electrons. The number of methoxy groups -OCH3 is 2. The highest BCUT2D eigenvalue weighted by atomic mass is 32.2. The Labute approximate surface area is 261 Å². The first-order chi connectivity index (χ1) is 21.4. The molecule has 0 aromatic heterocycles. The molecule has 0 fully saturated rings. The Morgan fingerprint density at radius 2 is 1.64 bits per heavy atom. The van der Waals surface area contributed by atoms with Crippen LogP contribution in [-0.2, 0) is 14.4 Å². The quantitative estimate of drug-likeness (QED) is 0.161. The van der Waals surface area contributed by atoms with Gasteiger partial charge in [0.1, 0.15) is 5.57 Å². The van der Waals surface area contributed by atoms with Crippen molar-refractivity contribution < 1.29 is 23.9 Å². The third-order valence-corrected chi connectivity index (χ3v) is 7.58. The largest absolute Gasteiger partial charge is 0.493 e. The molecule has 1 aliphatic rings. The molecule has 1 N–H and O–H groups in total. The summed E-state index contributed by atoms with van der Waals surface area (Å²) in [6, 6.07) is 24.1. The van der Waals surface area contributed by atoms with Gasteiger partial charge in [-0.05, 0) is 36.3 Å². The lowest BCUT2D eigenvalue weighted by Gasteiger charge is -2.28. The molecule has 0 radical (unpaired) electrons. The van der Waals surface area contributed by atoms with Gasteiger partial charge in [-0.15, -0.1) is 0 Å². The van der Waals surface area contributed by atoms with Crippen LogP contribution in [0.5, 0.6) is 11.5 Å². The number of thioether (sulfide) groups is 1. The van der Waals surface area contributed by atoms with Crippen molar-refractivity contribution in [3.63, 3.8) is 0 Å². The van der Waals surface area contributed by atoms with Crippen LogP contribution in [0.1, 0.15) is 29.7 Å². The van der Waals surface area contributed by atoms with E-state index in [2.05, 4.69) is 16.9 Å². The van der Waals surface area contributed by atoms with E-state index in [4.69, 9.17) is 9.47 Å². The molecule has 0 bridgehead atoms. The fourth-order valence-corrected chi connectivity index (χ4v) is 5.38. The van der Waals surface area contributed by atoms with Crippen molar-refractivity contribution in [2.75, 3.05) is 20.0 Å². The molecular formula is C35H33N3O5S. The summed E-state index contributed by atoms with van der Waals surface area (Å²) in [7, 11) is 2.98. The Bertz CT molecular complexity index is 1610. The second kappa shape index (κ2) is 15.4. The monoisotopic (exact) mass is 607 g/mol. The lowest BCUT2D eigenvalue weighted by atomic mass is 9.99. The summed E-state index contributed by atoms with van der Waals surface area (Å²) in [6.45, 7) is 5.47. The Morgan fingerprint density at radius 3 is 2.20 bits per heavy atom. The predicted molar refractivity (Wildman–Crippen MR) is 175 cm³/mol. The molecule has 0 spiro atoms. The summed E-state index contributed by atoms with van der Waals surface area (Å²) >= 11 is 1.00. The number of amidine groups is 1. The molecule has 1 aliphatic heterocycles. The number of ether oxygens (including phenoxy) is 2. The average molecular weight is 608 g/mol. The number of rotatable bonds is 11. The summed E-state index contributed by atoms with van der Waals surface area (Å²) in [5.41, 5.74) is 2.62. The van der Waals surface area contributed by atoms with Crippen LogP contribution >= 0.6 is 11.8 Å². The molecule has 4 rings (SSSR count). The summed E-state index contributed by atoms with van der Waals surface area (Å²) in [4.78, 5) is 46.1. The van der Waals surface area contributed by atoms with Gasteiger partial charge in [-0.2, -0.15) is 4.99 Å². The van der Waals surface area contributed by atoms with Crippen LogP contribution in [0.15, 0.2) is 126 Å². The van der Waals surface area contributed by atoms with Crippen LogP contribution < -0.4 is 14.8 Å². The smallest absolute Gasteiger partial charge is 0.285 e. The van der Waals surface area contributed by atoms with Crippen LogP contribution in [0.4, 0.5) is 0 Å². The van der Waals surface area contributed by atoms with Crippen molar-refractivity contribution in [3.8, 4) is 11.5 Å². The topological polar surface area (TPSA) is 97.3 Å². The highest BCUT2D eigenvalue weighted by molar-refractivity contribution is 8.14. The minimum absolute atomic E-state index is 0.0858. The van der Waals surface area contributed by atoms with Gasteiger partial charge in [0.25, 0.3) is 11.8 Å². The number of allylic oxidation sites excluding steroid dienone is 4. The molecule has 0 atom stereocenters. The maximum Gasteiger partial charge on any atom is 0.285 e. The number of nitrogens with one attached hydrogen (secondary N) is 1. The molecule has 0 aliphatic carbocycles. The molecule has 0 unspecified atom stereocenters. The lowest BCUT2D eigenvalue weighted by molar-refractivity contribution is -0.126. The summed E-state index contributed by atoms with van der Waals surface area (Å²) in [6.07, 6.45) is 8.08. The van der Waals surface area contributed by atoms with Gasteiger partial charge < -0.3 is 14.8 Å². The molecule has 3 aromatic carbocycles. The maximum atomic E-state index is 13.9. The van der Waals surface area contributed by atoms with Gasteiger partial charge in [0.15, 0.2) is 16.7 Å². The molecule has 0 saturated heterocycles. The van der Waals surface area contributed by atoms with Gasteiger partial charge in [-0.25, -0.2) is 0 Å². The van der Waals surface area contributed by atoms with Gasteiger partial charge in [0.05, 0.1) is 26.0 Å².